The standard InChI is InChI=1S/C23H25N5O3S/c1-3-12-27-21(30)18-9-4-5-10-19(18)28-22(27)25-26-23(28)32-15-20(29)24-11-13-31-17-8-6-7-16(2)14-17/h4-10,14H,3,11-13,15H2,1-2H3,(H,24,29). The third-order valence-corrected chi connectivity index (χ3v) is 5.87. The van der Waals surface area contributed by atoms with Gasteiger partial charge in [-0.15, -0.1) is 10.2 Å². The second kappa shape index (κ2) is 9.86. The number of para-hydroxylation sites is 1. The molecule has 4 rings (SSSR count). The number of amides is 1. The van der Waals surface area contributed by atoms with Gasteiger partial charge in [-0.05, 0) is 43.2 Å². The second-order valence-corrected chi connectivity index (χ2v) is 8.34. The Morgan fingerprint density at radius 1 is 1.16 bits per heavy atom. The summed E-state index contributed by atoms with van der Waals surface area (Å²) in [6, 6.07) is 15.2. The van der Waals surface area contributed by atoms with Crippen LogP contribution in [-0.4, -0.2) is 44.0 Å². The van der Waals surface area contributed by atoms with Crippen LogP contribution in [0.25, 0.3) is 16.7 Å². The number of aromatic nitrogens is 4. The summed E-state index contributed by atoms with van der Waals surface area (Å²) < 4.78 is 9.15. The van der Waals surface area contributed by atoms with Crippen LogP contribution in [-0.2, 0) is 11.3 Å². The summed E-state index contributed by atoms with van der Waals surface area (Å²) >= 11 is 1.29. The third-order valence-electron chi connectivity index (χ3n) is 4.94. The lowest BCUT2D eigenvalue weighted by Crippen LogP contribution is -2.29. The number of nitrogens with one attached hydrogen (secondary N) is 1. The molecule has 0 saturated heterocycles. The number of hydrogen-bond acceptors (Lipinski definition) is 6. The monoisotopic (exact) mass is 451 g/mol. The molecule has 0 aliphatic carbocycles. The molecule has 1 N–H and O–H groups in total. The van der Waals surface area contributed by atoms with Gasteiger partial charge < -0.3 is 10.1 Å². The van der Waals surface area contributed by atoms with Gasteiger partial charge >= 0.3 is 0 Å². The fourth-order valence-electron chi connectivity index (χ4n) is 3.50. The number of ether oxygens (including phenoxy) is 1. The number of carbonyl (C=O) groups is 1. The SMILES string of the molecule is CCCn1c(=O)c2ccccc2n2c(SCC(=O)NCCOc3cccc(C)c3)nnc12. The van der Waals surface area contributed by atoms with Crippen LogP contribution in [0.1, 0.15) is 18.9 Å². The molecule has 4 aromatic rings. The van der Waals surface area contributed by atoms with Gasteiger partial charge in [-0.3, -0.25) is 18.6 Å². The molecule has 0 unspecified atom stereocenters. The van der Waals surface area contributed by atoms with Crippen LogP contribution in [0.4, 0.5) is 0 Å². The smallest absolute Gasteiger partial charge is 0.262 e. The van der Waals surface area contributed by atoms with Crippen molar-refractivity contribution in [3.63, 3.8) is 0 Å². The van der Waals surface area contributed by atoms with Crippen molar-refractivity contribution in [1.29, 1.82) is 0 Å². The number of aryl methyl sites for hydroxylation is 2. The Hall–Kier alpha value is -3.33. The Balaban J connectivity index is 1.43. The quantitative estimate of drug-likeness (QED) is 0.311. The molecule has 32 heavy (non-hydrogen) atoms. The van der Waals surface area contributed by atoms with Crippen LogP contribution in [0, 0.1) is 6.92 Å². The van der Waals surface area contributed by atoms with Crippen molar-refractivity contribution in [2.75, 3.05) is 18.9 Å². The summed E-state index contributed by atoms with van der Waals surface area (Å²) in [5, 5.41) is 12.5. The first-order valence-corrected chi connectivity index (χ1v) is 11.5. The zero-order valence-electron chi connectivity index (χ0n) is 18.1. The van der Waals surface area contributed by atoms with E-state index in [-0.39, 0.29) is 17.2 Å². The van der Waals surface area contributed by atoms with Crippen molar-refractivity contribution in [2.45, 2.75) is 32.0 Å². The van der Waals surface area contributed by atoms with Gasteiger partial charge in [0.15, 0.2) is 5.16 Å². The molecule has 0 aliphatic rings. The molecular weight excluding hydrogens is 426 g/mol. The lowest BCUT2D eigenvalue weighted by molar-refractivity contribution is -0.118. The highest BCUT2D eigenvalue weighted by atomic mass is 32.2. The molecule has 0 bridgehead atoms. The van der Waals surface area contributed by atoms with Gasteiger partial charge in [0.25, 0.3) is 5.56 Å². The van der Waals surface area contributed by atoms with Gasteiger partial charge in [-0.1, -0.05) is 43.0 Å². The maximum atomic E-state index is 12.9. The lowest BCUT2D eigenvalue weighted by atomic mass is 10.2. The van der Waals surface area contributed by atoms with Crippen LogP contribution in [0.5, 0.6) is 5.75 Å². The topological polar surface area (TPSA) is 90.5 Å². The minimum atomic E-state index is -0.120. The molecule has 9 heteroatoms. The van der Waals surface area contributed by atoms with Crippen molar-refractivity contribution in [3.8, 4) is 5.75 Å². The normalized spacial score (nSPS) is 11.2. The number of carbonyl (C=O) groups excluding carboxylic acids is 1. The molecule has 0 fully saturated rings. The highest BCUT2D eigenvalue weighted by Crippen LogP contribution is 2.21. The van der Waals surface area contributed by atoms with Crippen molar-refractivity contribution in [3.05, 3.63) is 64.4 Å². The van der Waals surface area contributed by atoms with E-state index in [1.807, 2.05) is 60.7 Å². The fraction of sp³-hybridized carbons (Fsp3) is 0.304. The van der Waals surface area contributed by atoms with E-state index in [9.17, 15) is 9.59 Å². The Morgan fingerprint density at radius 2 is 2.00 bits per heavy atom. The zero-order chi connectivity index (χ0) is 22.5. The first-order valence-electron chi connectivity index (χ1n) is 10.5. The van der Waals surface area contributed by atoms with Crippen LogP contribution in [0.2, 0.25) is 0 Å². The van der Waals surface area contributed by atoms with E-state index < -0.39 is 0 Å². The van der Waals surface area contributed by atoms with Crippen LogP contribution in [0.15, 0.2) is 58.5 Å². The average molecular weight is 452 g/mol. The minimum absolute atomic E-state index is 0.0785. The third kappa shape index (κ3) is 4.62. The number of thioether (sulfide) groups is 1. The van der Waals surface area contributed by atoms with Crippen molar-refractivity contribution in [1.82, 2.24) is 24.5 Å². The second-order valence-electron chi connectivity index (χ2n) is 7.40. The Kier molecular flexibility index (Phi) is 6.75. The van der Waals surface area contributed by atoms with Crippen molar-refractivity contribution < 1.29 is 9.53 Å². The summed E-state index contributed by atoms with van der Waals surface area (Å²) in [6.45, 7) is 5.37. The highest BCUT2D eigenvalue weighted by molar-refractivity contribution is 7.99. The molecule has 166 valence electrons. The Labute approximate surface area is 189 Å². The van der Waals surface area contributed by atoms with Crippen LogP contribution in [0.3, 0.4) is 0 Å². The van der Waals surface area contributed by atoms with Gasteiger partial charge in [0.2, 0.25) is 11.7 Å². The summed E-state index contributed by atoms with van der Waals surface area (Å²) in [6.07, 6.45) is 0.802. The predicted octanol–water partition coefficient (Wildman–Crippen LogP) is 3.05. The lowest BCUT2D eigenvalue weighted by Gasteiger charge is -2.10. The molecule has 0 saturated carbocycles. The number of fused-ring (bicyclic) bond motifs is 3. The average Bonchev–Trinajstić information content (AvgIpc) is 3.22. The summed E-state index contributed by atoms with van der Waals surface area (Å²) in [5.41, 5.74) is 1.78. The summed E-state index contributed by atoms with van der Waals surface area (Å²) in [5.74, 6) is 1.34. The molecular formula is C23H25N5O3S. The van der Waals surface area contributed by atoms with E-state index in [1.54, 1.807) is 10.6 Å². The Morgan fingerprint density at radius 3 is 2.81 bits per heavy atom. The number of benzene rings is 2. The van der Waals surface area contributed by atoms with Gasteiger partial charge in [0.05, 0.1) is 23.2 Å². The van der Waals surface area contributed by atoms with E-state index in [2.05, 4.69) is 15.5 Å². The Bertz CT molecular complexity index is 1310. The van der Waals surface area contributed by atoms with Crippen LogP contribution < -0.4 is 15.6 Å². The number of rotatable bonds is 9. The molecule has 8 nitrogen and oxygen atoms in total. The van der Waals surface area contributed by atoms with Crippen LogP contribution >= 0.6 is 11.8 Å². The largest absolute Gasteiger partial charge is 0.492 e. The molecule has 0 spiro atoms. The van der Waals surface area contributed by atoms with E-state index in [4.69, 9.17) is 4.74 Å². The first-order chi connectivity index (χ1) is 15.6. The summed E-state index contributed by atoms with van der Waals surface area (Å²) in [7, 11) is 0. The molecule has 2 aromatic carbocycles. The van der Waals surface area contributed by atoms with Crippen molar-refractivity contribution in [2.24, 2.45) is 0 Å². The summed E-state index contributed by atoms with van der Waals surface area (Å²) in [4.78, 5) is 25.2. The van der Waals surface area contributed by atoms with E-state index >= 15 is 0 Å². The molecule has 2 aromatic heterocycles. The maximum Gasteiger partial charge on any atom is 0.262 e. The van der Waals surface area contributed by atoms with Gasteiger partial charge in [0, 0.05) is 6.54 Å². The molecule has 0 aliphatic heterocycles. The predicted molar refractivity (Wildman–Crippen MR) is 125 cm³/mol. The number of nitrogens with zero attached hydrogens (tertiary/aromatic N) is 4. The first kappa shape index (κ1) is 21.9. The zero-order valence-corrected chi connectivity index (χ0v) is 18.9. The highest BCUT2D eigenvalue weighted by Gasteiger charge is 2.17. The van der Waals surface area contributed by atoms with Crippen molar-refractivity contribution >= 4 is 34.3 Å². The molecule has 0 radical (unpaired) electrons. The number of hydrogen-bond donors (Lipinski definition) is 1. The molecule has 2 heterocycles. The van der Waals surface area contributed by atoms with Gasteiger partial charge in [0.1, 0.15) is 12.4 Å². The maximum absolute atomic E-state index is 12.9. The van der Waals surface area contributed by atoms with E-state index in [0.717, 1.165) is 23.3 Å². The van der Waals surface area contributed by atoms with E-state index in [1.165, 1.54) is 11.8 Å². The fourth-order valence-corrected chi connectivity index (χ4v) is 4.27. The van der Waals surface area contributed by atoms with Gasteiger partial charge in [-0.25, -0.2) is 0 Å². The van der Waals surface area contributed by atoms with Gasteiger partial charge in [-0.2, -0.15) is 0 Å². The minimum Gasteiger partial charge on any atom is -0.492 e. The molecule has 0 atom stereocenters. The molecule has 1 amide bonds. The van der Waals surface area contributed by atoms with E-state index in [0.29, 0.717) is 36.0 Å².